The monoisotopic (exact) mass is 454 g/mol. The fourth-order valence-corrected chi connectivity index (χ4v) is 4.19. The number of likely N-dealkylation sites (tertiary alicyclic amines) is 1. The van der Waals surface area contributed by atoms with Crippen molar-refractivity contribution in [2.45, 2.75) is 31.7 Å². The number of amides is 1. The highest BCUT2D eigenvalue weighted by molar-refractivity contribution is 6.30. The smallest absolute Gasteiger partial charge is 0.241 e. The summed E-state index contributed by atoms with van der Waals surface area (Å²) in [5.41, 5.74) is 1.54. The van der Waals surface area contributed by atoms with Crippen LogP contribution in [-0.4, -0.2) is 46.9 Å². The minimum atomic E-state index is -0.304. The molecule has 0 bridgehead atoms. The number of hydrogen-bond donors (Lipinski definition) is 1. The molecule has 0 saturated carbocycles. The van der Waals surface area contributed by atoms with Crippen LogP contribution in [0.5, 0.6) is 11.5 Å². The number of ether oxygens (including phenoxy) is 2. The third-order valence-corrected chi connectivity index (χ3v) is 6.17. The summed E-state index contributed by atoms with van der Waals surface area (Å²) in [6.45, 7) is 3.63. The average Bonchev–Trinajstić information content (AvgIpc) is 3.49. The van der Waals surface area contributed by atoms with Crippen LogP contribution in [0.25, 0.3) is 11.4 Å². The molecular weight excluding hydrogens is 432 g/mol. The van der Waals surface area contributed by atoms with Gasteiger partial charge in [-0.3, -0.25) is 9.69 Å². The Labute approximate surface area is 190 Å². The van der Waals surface area contributed by atoms with Crippen molar-refractivity contribution in [3.8, 4) is 22.9 Å². The summed E-state index contributed by atoms with van der Waals surface area (Å²) in [7, 11) is 0. The van der Waals surface area contributed by atoms with E-state index in [1.807, 2.05) is 25.1 Å². The van der Waals surface area contributed by atoms with Gasteiger partial charge in [0.1, 0.15) is 0 Å². The molecule has 2 unspecified atom stereocenters. The quantitative estimate of drug-likeness (QED) is 0.613. The number of aromatic nitrogens is 2. The molecule has 2 aliphatic heterocycles. The number of halogens is 1. The van der Waals surface area contributed by atoms with Crippen molar-refractivity contribution in [1.29, 1.82) is 0 Å². The Morgan fingerprint density at radius 3 is 2.84 bits per heavy atom. The first-order valence-electron chi connectivity index (χ1n) is 10.6. The van der Waals surface area contributed by atoms with Crippen LogP contribution in [-0.2, 0) is 4.79 Å². The van der Waals surface area contributed by atoms with E-state index in [2.05, 4.69) is 20.4 Å². The first kappa shape index (κ1) is 20.8. The highest BCUT2D eigenvalue weighted by Gasteiger charge is 2.31. The molecule has 32 heavy (non-hydrogen) atoms. The molecule has 1 aromatic heterocycles. The van der Waals surface area contributed by atoms with Gasteiger partial charge in [0.15, 0.2) is 11.5 Å². The van der Waals surface area contributed by atoms with Crippen molar-refractivity contribution >= 4 is 23.2 Å². The molecule has 0 spiro atoms. The average molecular weight is 455 g/mol. The lowest BCUT2D eigenvalue weighted by molar-refractivity contribution is -0.121. The Morgan fingerprint density at radius 1 is 1.19 bits per heavy atom. The number of rotatable bonds is 5. The number of carbonyl (C=O) groups is 1. The fourth-order valence-electron chi connectivity index (χ4n) is 4.06. The Balaban J connectivity index is 1.23. The second-order valence-corrected chi connectivity index (χ2v) is 8.47. The molecule has 3 heterocycles. The predicted molar refractivity (Wildman–Crippen MR) is 119 cm³/mol. The molecule has 0 radical (unpaired) electrons. The van der Waals surface area contributed by atoms with Crippen LogP contribution in [0.3, 0.4) is 0 Å². The third-order valence-electron chi connectivity index (χ3n) is 5.91. The summed E-state index contributed by atoms with van der Waals surface area (Å²) < 4.78 is 16.3. The minimum Gasteiger partial charge on any atom is -0.454 e. The fraction of sp³-hybridized carbons (Fsp3) is 0.348. The second kappa shape index (κ2) is 8.80. The molecule has 5 rings (SSSR count). The summed E-state index contributed by atoms with van der Waals surface area (Å²) in [6.07, 6.45) is 1.89. The highest BCUT2D eigenvalue weighted by Crippen LogP contribution is 2.34. The SMILES string of the molecule is CC(C(=O)Nc1ccc2c(c1)OCO2)N1CCCC(c2nc(-c3ccc(Cl)cc3)no2)C1. The zero-order chi connectivity index (χ0) is 22.1. The topological polar surface area (TPSA) is 89.7 Å². The molecule has 1 saturated heterocycles. The zero-order valence-corrected chi connectivity index (χ0v) is 18.3. The normalized spacial score (nSPS) is 19.0. The molecule has 1 fully saturated rings. The molecule has 9 heteroatoms. The summed E-state index contributed by atoms with van der Waals surface area (Å²) in [5, 5.41) is 7.77. The van der Waals surface area contributed by atoms with Crippen LogP contribution in [0.4, 0.5) is 5.69 Å². The lowest BCUT2D eigenvalue weighted by atomic mass is 9.96. The zero-order valence-electron chi connectivity index (χ0n) is 17.6. The molecule has 3 aromatic rings. The van der Waals surface area contributed by atoms with E-state index >= 15 is 0 Å². The number of nitrogens with zero attached hydrogens (tertiary/aromatic N) is 3. The third kappa shape index (κ3) is 4.28. The van der Waals surface area contributed by atoms with Crippen LogP contribution >= 0.6 is 11.6 Å². The van der Waals surface area contributed by atoms with Crippen LogP contribution in [0.15, 0.2) is 47.0 Å². The summed E-state index contributed by atoms with van der Waals surface area (Å²) >= 11 is 5.96. The molecule has 0 aliphatic carbocycles. The van der Waals surface area contributed by atoms with E-state index < -0.39 is 0 Å². The van der Waals surface area contributed by atoms with Gasteiger partial charge in [0.2, 0.25) is 24.4 Å². The van der Waals surface area contributed by atoms with Crippen LogP contribution in [0.1, 0.15) is 31.6 Å². The maximum Gasteiger partial charge on any atom is 0.241 e. The maximum atomic E-state index is 12.9. The molecule has 1 amide bonds. The van der Waals surface area contributed by atoms with Gasteiger partial charge < -0.3 is 19.3 Å². The van der Waals surface area contributed by atoms with Crippen LogP contribution in [0.2, 0.25) is 5.02 Å². The number of fused-ring (bicyclic) bond motifs is 1. The lowest BCUT2D eigenvalue weighted by Crippen LogP contribution is -2.46. The van der Waals surface area contributed by atoms with E-state index in [1.165, 1.54) is 0 Å². The standard InChI is InChI=1S/C23H23ClN4O4/c1-14(22(29)25-18-8-9-19-20(11-18)31-13-30-19)28-10-2-3-16(12-28)23-26-21(27-32-23)15-4-6-17(24)7-5-15/h4-9,11,14,16H,2-3,10,12-13H2,1H3,(H,25,29). The van der Waals surface area contributed by atoms with Crippen LogP contribution in [0, 0.1) is 0 Å². The maximum absolute atomic E-state index is 12.9. The molecule has 2 atom stereocenters. The number of carbonyl (C=O) groups excluding carboxylic acids is 1. The first-order chi connectivity index (χ1) is 15.6. The largest absolute Gasteiger partial charge is 0.454 e. The molecule has 8 nitrogen and oxygen atoms in total. The summed E-state index contributed by atoms with van der Waals surface area (Å²) in [6, 6.07) is 12.4. The molecule has 1 N–H and O–H groups in total. The summed E-state index contributed by atoms with van der Waals surface area (Å²) in [4.78, 5) is 19.6. The second-order valence-electron chi connectivity index (χ2n) is 8.03. The Hall–Kier alpha value is -3.10. The Bertz CT molecular complexity index is 1120. The van der Waals surface area contributed by atoms with Crippen molar-refractivity contribution in [2.24, 2.45) is 0 Å². The highest BCUT2D eigenvalue weighted by atomic mass is 35.5. The molecule has 166 valence electrons. The lowest BCUT2D eigenvalue weighted by Gasteiger charge is -2.34. The van der Waals surface area contributed by atoms with Gasteiger partial charge in [-0.15, -0.1) is 0 Å². The predicted octanol–water partition coefficient (Wildman–Crippen LogP) is 4.33. The number of nitrogens with one attached hydrogen (secondary N) is 1. The van der Waals surface area contributed by atoms with Crippen molar-refractivity contribution in [2.75, 3.05) is 25.2 Å². The number of piperidine rings is 1. The van der Waals surface area contributed by atoms with Crippen molar-refractivity contribution in [3.63, 3.8) is 0 Å². The first-order valence-corrected chi connectivity index (χ1v) is 11.0. The number of benzene rings is 2. The van der Waals surface area contributed by atoms with Crippen molar-refractivity contribution in [3.05, 3.63) is 53.4 Å². The Kier molecular flexibility index (Phi) is 5.71. The van der Waals surface area contributed by atoms with Gasteiger partial charge in [-0.2, -0.15) is 4.98 Å². The van der Waals surface area contributed by atoms with Crippen LogP contribution < -0.4 is 14.8 Å². The molecule has 2 aliphatic rings. The van der Waals surface area contributed by atoms with E-state index in [0.29, 0.717) is 40.5 Å². The minimum absolute atomic E-state index is 0.0723. The van der Waals surface area contributed by atoms with E-state index in [4.69, 9.17) is 25.6 Å². The Morgan fingerprint density at radius 2 is 2.00 bits per heavy atom. The number of anilines is 1. The van der Waals surface area contributed by atoms with E-state index in [0.717, 1.165) is 24.9 Å². The van der Waals surface area contributed by atoms with Crippen molar-refractivity contribution in [1.82, 2.24) is 15.0 Å². The van der Waals surface area contributed by atoms with E-state index in [9.17, 15) is 4.79 Å². The van der Waals surface area contributed by atoms with E-state index in [-0.39, 0.29) is 24.7 Å². The number of hydrogen-bond acceptors (Lipinski definition) is 7. The van der Waals surface area contributed by atoms with Gasteiger partial charge in [-0.1, -0.05) is 16.8 Å². The van der Waals surface area contributed by atoms with E-state index in [1.54, 1.807) is 24.3 Å². The molecule has 2 aromatic carbocycles. The van der Waals surface area contributed by atoms with Gasteiger partial charge in [0.25, 0.3) is 0 Å². The summed E-state index contributed by atoms with van der Waals surface area (Å²) in [5.74, 6) is 2.48. The van der Waals surface area contributed by atoms with Crippen molar-refractivity contribution < 1.29 is 18.8 Å². The van der Waals surface area contributed by atoms with Gasteiger partial charge in [-0.25, -0.2) is 0 Å². The van der Waals surface area contributed by atoms with Gasteiger partial charge in [-0.05, 0) is 62.7 Å². The van der Waals surface area contributed by atoms with Gasteiger partial charge in [0, 0.05) is 28.9 Å². The molecular formula is C23H23ClN4O4. The van der Waals surface area contributed by atoms with Gasteiger partial charge in [0.05, 0.1) is 12.0 Å². The van der Waals surface area contributed by atoms with Gasteiger partial charge >= 0.3 is 0 Å².